The Hall–Kier alpha value is -2.63. The zero-order valence-electron chi connectivity index (χ0n) is 12.0. The van der Waals surface area contributed by atoms with E-state index >= 15 is 0 Å². The number of aliphatic carboxylic acids is 1. The minimum absolute atomic E-state index is 0.0661. The van der Waals surface area contributed by atoms with Crippen molar-refractivity contribution in [2.24, 2.45) is 0 Å². The van der Waals surface area contributed by atoms with E-state index in [1.54, 1.807) is 29.2 Å². The molecule has 21 heavy (non-hydrogen) atoms. The van der Waals surface area contributed by atoms with Crippen molar-refractivity contribution >= 4 is 23.5 Å². The Morgan fingerprint density at radius 3 is 2.14 bits per heavy atom. The van der Waals surface area contributed by atoms with E-state index in [0.29, 0.717) is 24.3 Å². The van der Waals surface area contributed by atoms with Crippen molar-refractivity contribution in [2.75, 3.05) is 18.4 Å². The second-order valence-electron chi connectivity index (χ2n) is 4.22. The Morgan fingerprint density at radius 1 is 1.10 bits per heavy atom. The maximum atomic E-state index is 12.1. The Kier molecular flexibility index (Phi) is 6.13. The molecule has 0 saturated carbocycles. The van der Waals surface area contributed by atoms with Crippen molar-refractivity contribution in [3.63, 3.8) is 0 Å². The average molecular weight is 290 g/mol. The van der Waals surface area contributed by atoms with Crippen molar-refractivity contribution < 1.29 is 19.5 Å². The molecule has 2 N–H and O–H groups in total. The number of benzene rings is 1. The predicted molar refractivity (Wildman–Crippen MR) is 79.1 cm³/mol. The van der Waals surface area contributed by atoms with E-state index in [2.05, 4.69) is 5.32 Å². The minimum Gasteiger partial charge on any atom is -0.478 e. The SMILES string of the molecule is CCN(CC)C(=O)c1ccc(NC(=O)C=CC(=O)O)cc1. The maximum Gasteiger partial charge on any atom is 0.328 e. The summed E-state index contributed by atoms with van der Waals surface area (Å²) in [7, 11) is 0. The molecule has 6 heteroatoms. The second kappa shape index (κ2) is 7.84. The van der Waals surface area contributed by atoms with Crippen LogP contribution in [0.1, 0.15) is 24.2 Å². The summed E-state index contributed by atoms with van der Waals surface area (Å²) in [4.78, 5) is 35.5. The number of anilines is 1. The number of rotatable bonds is 6. The summed E-state index contributed by atoms with van der Waals surface area (Å²) in [5.41, 5.74) is 1.03. The molecule has 6 nitrogen and oxygen atoms in total. The molecule has 112 valence electrons. The van der Waals surface area contributed by atoms with Gasteiger partial charge in [0.2, 0.25) is 5.91 Å². The van der Waals surface area contributed by atoms with Gasteiger partial charge in [0.15, 0.2) is 0 Å². The summed E-state index contributed by atoms with van der Waals surface area (Å²) >= 11 is 0. The summed E-state index contributed by atoms with van der Waals surface area (Å²) in [6, 6.07) is 6.45. The van der Waals surface area contributed by atoms with E-state index in [-0.39, 0.29) is 5.91 Å². The van der Waals surface area contributed by atoms with E-state index in [9.17, 15) is 14.4 Å². The summed E-state index contributed by atoms with van der Waals surface area (Å²) in [6.07, 6.45) is 1.69. The Balaban J connectivity index is 2.72. The molecule has 1 rings (SSSR count). The number of carboxylic acid groups (broad SMARTS) is 1. The molecule has 0 aliphatic heterocycles. The van der Waals surface area contributed by atoms with Crippen LogP contribution in [-0.4, -0.2) is 40.9 Å². The van der Waals surface area contributed by atoms with Crippen LogP contribution in [-0.2, 0) is 9.59 Å². The molecule has 1 aromatic rings. The van der Waals surface area contributed by atoms with Crippen molar-refractivity contribution in [3.8, 4) is 0 Å². The maximum absolute atomic E-state index is 12.1. The molecule has 0 unspecified atom stereocenters. The van der Waals surface area contributed by atoms with Crippen molar-refractivity contribution in [3.05, 3.63) is 42.0 Å². The molecular formula is C15H18N2O4. The smallest absolute Gasteiger partial charge is 0.328 e. The van der Waals surface area contributed by atoms with Crippen LogP contribution in [0.15, 0.2) is 36.4 Å². The highest BCUT2D eigenvalue weighted by atomic mass is 16.4. The lowest BCUT2D eigenvalue weighted by atomic mass is 10.1. The van der Waals surface area contributed by atoms with Crippen LogP contribution < -0.4 is 5.32 Å². The van der Waals surface area contributed by atoms with E-state index in [1.807, 2.05) is 13.8 Å². The van der Waals surface area contributed by atoms with Crippen LogP contribution in [0.2, 0.25) is 0 Å². The van der Waals surface area contributed by atoms with Crippen LogP contribution in [0.25, 0.3) is 0 Å². The number of carbonyl (C=O) groups is 3. The summed E-state index contributed by atoms with van der Waals surface area (Å²) in [6.45, 7) is 5.08. The van der Waals surface area contributed by atoms with Gasteiger partial charge in [-0.15, -0.1) is 0 Å². The van der Waals surface area contributed by atoms with Crippen LogP contribution in [0.5, 0.6) is 0 Å². The van der Waals surface area contributed by atoms with Gasteiger partial charge in [0.05, 0.1) is 0 Å². The third kappa shape index (κ3) is 5.10. The number of amides is 2. The van der Waals surface area contributed by atoms with Gasteiger partial charge in [-0.25, -0.2) is 4.79 Å². The van der Waals surface area contributed by atoms with Crippen molar-refractivity contribution in [2.45, 2.75) is 13.8 Å². The lowest BCUT2D eigenvalue weighted by Gasteiger charge is -2.18. The zero-order chi connectivity index (χ0) is 15.8. The molecule has 0 heterocycles. The Bertz CT molecular complexity index is 545. The Labute approximate surface area is 123 Å². The third-order valence-corrected chi connectivity index (χ3v) is 2.83. The van der Waals surface area contributed by atoms with Gasteiger partial charge in [0.25, 0.3) is 5.91 Å². The molecule has 1 aromatic carbocycles. The standard InChI is InChI=1S/C15H18N2O4/c1-3-17(4-2)15(21)11-5-7-12(8-6-11)16-13(18)9-10-14(19)20/h5-10H,3-4H2,1-2H3,(H,16,18)(H,19,20). The van der Waals surface area contributed by atoms with E-state index < -0.39 is 11.9 Å². The first-order valence-electron chi connectivity index (χ1n) is 6.59. The van der Waals surface area contributed by atoms with Gasteiger partial charge < -0.3 is 15.3 Å². The van der Waals surface area contributed by atoms with Gasteiger partial charge >= 0.3 is 5.97 Å². The van der Waals surface area contributed by atoms with E-state index in [0.717, 1.165) is 12.2 Å². The van der Waals surface area contributed by atoms with Crippen molar-refractivity contribution in [1.82, 2.24) is 4.90 Å². The molecule has 0 aromatic heterocycles. The molecule has 2 amide bonds. The fourth-order valence-corrected chi connectivity index (χ4v) is 1.72. The summed E-state index contributed by atoms with van der Waals surface area (Å²) in [5, 5.41) is 10.9. The lowest BCUT2D eigenvalue weighted by molar-refractivity contribution is -0.131. The highest BCUT2D eigenvalue weighted by Crippen LogP contribution is 2.11. The van der Waals surface area contributed by atoms with E-state index in [1.165, 1.54) is 0 Å². The third-order valence-electron chi connectivity index (χ3n) is 2.83. The first-order valence-corrected chi connectivity index (χ1v) is 6.59. The van der Waals surface area contributed by atoms with Gasteiger partial charge in [-0.05, 0) is 38.1 Å². The zero-order valence-corrected chi connectivity index (χ0v) is 12.0. The largest absolute Gasteiger partial charge is 0.478 e. The molecule has 0 radical (unpaired) electrons. The minimum atomic E-state index is -1.19. The van der Waals surface area contributed by atoms with Crippen LogP contribution >= 0.6 is 0 Å². The van der Waals surface area contributed by atoms with Gasteiger partial charge in [-0.1, -0.05) is 0 Å². The molecule has 0 aliphatic carbocycles. The average Bonchev–Trinajstić information content (AvgIpc) is 2.47. The molecule has 0 aliphatic rings. The fraction of sp³-hybridized carbons (Fsp3) is 0.267. The topological polar surface area (TPSA) is 86.7 Å². The highest BCUT2D eigenvalue weighted by molar-refractivity contribution is 6.02. The monoisotopic (exact) mass is 290 g/mol. The number of carbonyl (C=O) groups excluding carboxylic acids is 2. The first kappa shape index (κ1) is 16.4. The fourth-order valence-electron chi connectivity index (χ4n) is 1.72. The van der Waals surface area contributed by atoms with Gasteiger partial charge in [0, 0.05) is 36.5 Å². The van der Waals surface area contributed by atoms with Crippen molar-refractivity contribution in [1.29, 1.82) is 0 Å². The number of nitrogens with one attached hydrogen (secondary N) is 1. The van der Waals surface area contributed by atoms with E-state index in [4.69, 9.17) is 5.11 Å². The number of carboxylic acids is 1. The lowest BCUT2D eigenvalue weighted by Crippen LogP contribution is -2.30. The first-order chi connectivity index (χ1) is 9.97. The van der Waals surface area contributed by atoms with Gasteiger partial charge in [0.1, 0.15) is 0 Å². The van der Waals surface area contributed by atoms with Crippen LogP contribution in [0.4, 0.5) is 5.69 Å². The highest BCUT2D eigenvalue weighted by Gasteiger charge is 2.11. The summed E-state index contributed by atoms with van der Waals surface area (Å²) < 4.78 is 0. The van der Waals surface area contributed by atoms with Gasteiger partial charge in [-0.2, -0.15) is 0 Å². The number of hydrogen-bond donors (Lipinski definition) is 2. The van der Waals surface area contributed by atoms with Gasteiger partial charge in [-0.3, -0.25) is 9.59 Å². The second-order valence-corrected chi connectivity index (χ2v) is 4.22. The molecule has 0 bridgehead atoms. The molecular weight excluding hydrogens is 272 g/mol. The molecule has 0 saturated heterocycles. The number of hydrogen-bond acceptors (Lipinski definition) is 3. The number of nitrogens with zero attached hydrogens (tertiary/aromatic N) is 1. The molecule has 0 spiro atoms. The molecule has 0 atom stereocenters. The summed E-state index contributed by atoms with van der Waals surface area (Å²) in [5.74, 6) is -1.80. The quantitative estimate of drug-likeness (QED) is 0.781. The molecule has 0 fully saturated rings. The normalized spacial score (nSPS) is 10.4. The predicted octanol–water partition coefficient (Wildman–Crippen LogP) is 1.75. The van der Waals surface area contributed by atoms with Crippen LogP contribution in [0.3, 0.4) is 0 Å². The Morgan fingerprint density at radius 2 is 1.67 bits per heavy atom. The van der Waals surface area contributed by atoms with Crippen LogP contribution in [0, 0.1) is 0 Å².